The number of halogens is 3. The van der Waals surface area contributed by atoms with Crippen molar-refractivity contribution in [2.24, 2.45) is 0 Å². The molecule has 3 heterocycles. The zero-order valence-corrected chi connectivity index (χ0v) is 19.4. The monoisotopic (exact) mass is 491 g/mol. The number of nitrogens with one attached hydrogen (secondary N) is 1. The number of aryl methyl sites for hydroxylation is 1. The van der Waals surface area contributed by atoms with Gasteiger partial charge < -0.3 is 10.1 Å². The first kappa shape index (κ1) is 22.3. The smallest absolute Gasteiger partial charge is 0.387 e. The van der Waals surface area contributed by atoms with Crippen molar-refractivity contribution in [1.29, 1.82) is 0 Å². The van der Waals surface area contributed by atoms with E-state index in [1.165, 1.54) is 30.5 Å². The van der Waals surface area contributed by atoms with Crippen molar-refractivity contribution in [3.8, 4) is 22.6 Å². The molecule has 2 aromatic heterocycles. The molecule has 1 aliphatic heterocycles. The number of nitrogens with zero attached hydrogens (tertiary/aromatic N) is 4. The molecular formula is C22H20F3N5O3S. The summed E-state index contributed by atoms with van der Waals surface area (Å²) in [6.45, 7) is 2.07. The molecule has 178 valence electrons. The Morgan fingerprint density at radius 2 is 1.91 bits per heavy atom. The van der Waals surface area contributed by atoms with Gasteiger partial charge in [0, 0.05) is 17.6 Å². The third-order valence-electron chi connectivity index (χ3n) is 5.80. The van der Waals surface area contributed by atoms with Gasteiger partial charge >= 0.3 is 6.61 Å². The number of hydrogen-bond donors (Lipinski definition) is 1. The van der Waals surface area contributed by atoms with Crippen LogP contribution in [0.25, 0.3) is 27.7 Å². The van der Waals surface area contributed by atoms with Crippen molar-refractivity contribution < 1.29 is 26.3 Å². The van der Waals surface area contributed by atoms with Gasteiger partial charge in [-0.05, 0) is 38.5 Å². The number of anilines is 1. The van der Waals surface area contributed by atoms with Crippen molar-refractivity contribution in [1.82, 2.24) is 18.7 Å². The zero-order chi connectivity index (χ0) is 24.6. The number of rotatable bonds is 4. The van der Waals surface area contributed by atoms with Crippen LogP contribution in [0.4, 0.5) is 18.9 Å². The number of hydrogen-bond acceptors (Lipinski definition) is 6. The summed E-state index contributed by atoms with van der Waals surface area (Å²) >= 11 is 0. The third-order valence-corrected chi connectivity index (χ3v) is 6.83. The van der Waals surface area contributed by atoms with Gasteiger partial charge in [0.15, 0.2) is 11.6 Å². The fourth-order valence-corrected chi connectivity index (χ4v) is 5.25. The Hall–Kier alpha value is -3.54. The molecule has 0 unspecified atom stereocenters. The Balaban J connectivity index is 1.87. The van der Waals surface area contributed by atoms with Gasteiger partial charge in [0.2, 0.25) is 10.0 Å². The summed E-state index contributed by atoms with van der Waals surface area (Å²) in [4.78, 5) is 0. The summed E-state index contributed by atoms with van der Waals surface area (Å²) in [5, 5.41) is 11.7. The third kappa shape index (κ3) is 3.23. The van der Waals surface area contributed by atoms with Gasteiger partial charge in [0.1, 0.15) is 17.3 Å². The highest BCUT2D eigenvalue weighted by Crippen LogP contribution is 2.47. The van der Waals surface area contributed by atoms with Crippen LogP contribution in [0.3, 0.4) is 0 Å². The minimum absolute atomic E-state index is 0.0630. The molecule has 0 fully saturated rings. The lowest BCUT2D eigenvalue weighted by molar-refractivity contribution is -0.0495. The molecule has 5 rings (SSSR count). The molecule has 12 heteroatoms. The molecule has 0 atom stereocenters. The highest BCUT2D eigenvalue weighted by molar-refractivity contribution is 7.89. The average molecular weight is 491 g/mol. The van der Waals surface area contributed by atoms with E-state index in [4.69, 9.17) is 4.74 Å². The molecule has 4 aromatic rings. The first-order valence-electron chi connectivity index (χ1n) is 10.2. The van der Waals surface area contributed by atoms with Crippen LogP contribution >= 0.6 is 0 Å². The topological polar surface area (TPSA) is 91.0 Å². The fourth-order valence-electron chi connectivity index (χ4n) is 4.45. The molecule has 0 saturated heterocycles. The van der Waals surface area contributed by atoms with Crippen molar-refractivity contribution >= 4 is 26.6 Å². The van der Waals surface area contributed by atoms with Gasteiger partial charge in [-0.25, -0.2) is 16.8 Å². The van der Waals surface area contributed by atoms with E-state index in [9.17, 15) is 17.2 Å². The second-order valence-electron chi connectivity index (χ2n) is 8.61. The largest absolute Gasteiger partial charge is 0.434 e. The van der Waals surface area contributed by atoms with Gasteiger partial charge in [0.25, 0.3) is 0 Å². The minimum Gasteiger partial charge on any atom is -0.434 e. The predicted octanol–water partition coefficient (Wildman–Crippen LogP) is 4.41. The molecule has 0 spiro atoms. The lowest BCUT2D eigenvalue weighted by atomic mass is 9.95. The van der Waals surface area contributed by atoms with Crippen LogP contribution < -0.4 is 10.1 Å². The van der Waals surface area contributed by atoms with Crippen LogP contribution in [0.5, 0.6) is 5.75 Å². The number of fused-ring (bicyclic) bond motifs is 4. The molecule has 0 aliphatic carbocycles. The molecule has 2 aromatic carbocycles. The van der Waals surface area contributed by atoms with Crippen molar-refractivity contribution in [2.45, 2.75) is 32.9 Å². The van der Waals surface area contributed by atoms with E-state index in [1.807, 2.05) is 13.8 Å². The summed E-state index contributed by atoms with van der Waals surface area (Å²) in [7, 11) is -3.65. The summed E-state index contributed by atoms with van der Waals surface area (Å²) in [6, 6.07) is 7.42. The van der Waals surface area contributed by atoms with E-state index < -0.39 is 28.0 Å². The predicted molar refractivity (Wildman–Crippen MR) is 121 cm³/mol. The number of aromatic nitrogens is 4. The second-order valence-corrected chi connectivity index (χ2v) is 10.5. The van der Waals surface area contributed by atoms with Crippen LogP contribution in [0.15, 0.2) is 36.5 Å². The quantitative estimate of drug-likeness (QED) is 0.455. The Morgan fingerprint density at radius 1 is 1.18 bits per heavy atom. The molecular weight excluding hydrogens is 471 g/mol. The lowest BCUT2D eigenvalue weighted by Gasteiger charge is -2.34. The molecule has 0 saturated carbocycles. The number of alkyl halides is 2. The maximum atomic E-state index is 16.3. The molecule has 34 heavy (non-hydrogen) atoms. The van der Waals surface area contributed by atoms with Gasteiger partial charge in [-0.3, -0.25) is 4.57 Å². The molecule has 1 aliphatic rings. The molecule has 0 amide bonds. The Kier molecular flexibility index (Phi) is 4.73. The molecule has 0 bridgehead atoms. The van der Waals surface area contributed by atoms with Crippen LogP contribution in [0.2, 0.25) is 0 Å². The average Bonchev–Trinajstić information content (AvgIpc) is 3.32. The number of ether oxygens (including phenoxy) is 1. The Morgan fingerprint density at radius 3 is 2.59 bits per heavy atom. The standard InChI is InChI=1S/C22H20F3N5O3S/c1-11-27-28-20-22(2,3)26-14-10-16(33-21(24)25)17(18(23)19(14)30(11)20)13-6-5-7-15-12(13)8-9-29(15)34(4,31)32/h5-10,21,26H,1-4H3. The summed E-state index contributed by atoms with van der Waals surface area (Å²) in [5.74, 6) is -0.353. The minimum atomic E-state index is -3.65. The van der Waals surface area contributed by atoms with Crippen molar-refractivity contribution in [3.63, 3.8) is 0 Å². The zero-order valence-electron chi connectivity index (χ0n) is 18.6. The Bertz CT molecular complexity index is 1570. The van der Waals surface area contributed by atoms with E-state index in [1.54, 1.807) is 17.6 Å². The SMILES string of the molecule is Cc1nnc2n1-c1c(cc(OC(F)F)c(-c3cccc4c3ccn4S(C)(=O)=O)c1F)NC2(C)C. The van der Waals surface area contributed by atoms with Crippen LogP contribution in [-0.4, -0.2) is 40.0 Å². The number of benzene rings is 2. The summed E-state index contributed by atoms with van der Waals surface area (Å²) in [6.07, 6.45) is 2.37. The molecule has 8 nitrogen and oxygen atoms in total. The van der Waals surface area contributed by atoms with E-state index in [0.717, 1.165) is 10.2 Å². The van der Waals surface area contributed by atoms with E-state index in [0.29, 0.717) is 17.0 Å². The molecule has 1 N–H and O–H groups in total. The summed E-state index contributed by atoms with van der Waals surface area (Å²) in [5.41, 5.74) is -0.215. The van der Waals surface area contributed by atoms with Crippen LogP contribution in [0, 0.1) is 12.7 Å². The first-order chi connectivity index (χ1) is 15.9. The van der Waals surface area contributed by atoms with Gasteiger partial charge in [-0.2, -0.15) is 8.78 Å². The maximum Gasteiger partial charge on any atom is 0.387 e. The lowest BCUT2D eigenvalue weighted by Crippen LogP contribution is -2.36. The normalized spacial score (nSPS) is 14.7. The maximum absolute atomic E-state index is 16.3. The molecule has 0 radical (unpaired) electrons. The fraction of sp³-hybridized carbons (Fsp3) is 0.273. The van der Waals surface area contributed by atoms with E-state index in [-0.39, 0.29) is 33.8 Å². The van der Waals surface area contributed by atoms with Crippen LogP contribution in [-0.2, 0) is 15.6 Å². The van der Waals surface area contributed by atoms with Gasteiger partial charge in [-0.15, -0.1) is 10.2 Å². The highest BCUT2D eigenvalue weighted by atomic mass is 32.2. The van der Waals surface area contributed by atoms with Crippen LogP contribution in [0.1, 0.15) is 25.5 Å². The van der Waals surface area contributed by atoms with Crippen molar-refractivity contribution in [3.05, 3.63) is 54.0 Å². The van der Waals surface area contributed by atoms with Gasteiger partial charge in [0.05, 0.1) is 28.6 Å². The first-order valence-corrected chi connectivity index (χ1v) is 12.1. The van der Waals surface area contributed by atoms with E-state index >= 15 is 4.39 Å². The van der Waals surface area contributed by atoms with Gasteiger partial charge in [-0.1, -0.05) is 12.1 Å². The van der Waals surface area contributed by atoms with Crippen molar-refractivity contribution in [2.75, 3.05) is 11.6 Å². The second kappa shape index (κ2) is 7.23. The van der Waals surface area contributed by atoms with E-state index in [2.05, 4.69) is 15.5 Å². The Labute approximate surface area is 193 Å². The summed E-state index contributed by atoms with van der Waals surface area (Å²) < 4.78 is 74.8. The highest BCUT2D eigenvalue weighted by Gasteiger charge is 2.38.